The number of hydrogen-bond donors (Lipinski definition) is 2. The number of nitrogens with zero attached hydrogens (tertiary/aromatic N) is 2. The van der Waals surface area contributed by atoms with Crippen LogP contribution in [0.4, 0.5) is 0 Å². The van der Waals surface area contributed by atoms with Crippen LogP contribution in [0.2, 0.25) is 0 Å². The number of thiocarbonyl (C=S) groups is 4. The fourth-order valence-corrected chi connectivity index (χ4v) is 3.56. The molecule has 2 aromatic carbocycles. The van der Waals surface area contributed by atoms with E-state index in [2.05, 4.69) is 20.6 Å². The number of rotatable bonds is 2. The second-order valence-electron chi connectivity index (χ2n) is 6.90. The number of nitrogens with one attached hydrogen (secondary N) is 2. The Morgan fingerprint density at radius 1 is 0.562 bits per heavy atom. The first-order chi connectivity index (χ1) is 15.3. The summed E-state index contributed by atoms with van der Waals surface area (Å²) in [6.45, 7) is 3.77. The summed E-state index contributed by atoms with van der Waals surface area (Å²) in [7, 11) is 0. The molecule has 1 aliphatic heterocycles. The van der Waals surface area contributed by atoms with Crippen molar-refractivity contribution in [1.29, 1.82) is 0 Å². The van der Waals surface area contributed by atoms with E-state index in [-0.39, 0.29) is 9.98 Å². The summed E-state index contributed by atoms with van der Waals surface area (Å²) in [5, 5.41) is 6.29. The minimum Gasteiger partial charge on any atom is -0.348 e. The Hall–Kier alpha value is -2.78. The number of aliphatic imine (C=N–C) groups is 2. The molecule has 0 aliphatic carbocycles. The molecule has 3 rings (SSSR count). The van der Waals surface area contributed by atoms with Gasteiger partial charge in [-0.2, -0.15) is 0 Å². The SMILES string of the molecule is C/C1=C/C(c2ccccc2)=NC(=S)C(=S)N=C(c2ccccc2)/C=C(\C)NC(=S)C(=S)N1. The van der Waals surface area contributed by atoms with Gasteiger partial charge in [0, 0.05) is 22.5 Å². The van der Waals surface area contributed by atoms with Crippen molar-refractivity contribution in [2.75, 3.05) is 0 Å². The van der Waals surface area contributed by atoms with Crippen molar-refractivity contribution in [2.45, 2.75) is 13.8 Å². The van der Waals surface area contributed by atoms with E-state index in [4.69, 9.17) is 48.9 Å². The van der Waals surface area contributed by atoms with E-state index in [1.54, 1.807) is 0 Å². The Bertz CT molecular complexity index is 1100. The van der Waals surface area contributed by atoms with Gasteiger partial charge in [-0.05, 0) is 26.0 Å². The van der Waals surface area contributed by atoms with Crippen LogP contribution in [-0.2, 0) is 0 Å². The van der Waals surface area contributed by atoms with Gasteiger partial charge in [0.15, 0.2) is 9.98 Å². The first-order valence-electron chi connectivity index (χ1n) is 9.69. The summed E-state index contributed by atoms with van der Waals surface area (Å²) < 4.78 is 0. The van der Waals surface area contributed by atoms with Crippen LogP contribution in [0, 0.1) is 0 Å². The molecule has 160 valence electrons. The maximum atomic E-state index is 5.54. The van der Waals surface area contributed by atoms with E-state index >= 15 is 0 Å². The van der Waals surface area contributed by atoms with Crippen LogP contribution in [0.1, 0.15) is 25.0 Å². The lowest BCUT2D eigenvalue weighted by Gasteiger charge is -2.14. The highest BCUT2D eigenvalue weighted by Gasteiger charge is 2.12. The molecule has 0 saturated heterocycles. The first kappa shape index (κ1) is 23.9. The van der Waals surface area contributed by atoms with Gasteiger partial charge < -0.3 is 10.6 Å². The summed E-state index contributed by atoms with van der Waals surface area (Å²) in [6, 6.07) is 19.4. The largest absolute Gasteiger partial charge is 0.348 e. The standard InChI is InChI=1S/C24H20N4S4/c1-15-13-19(17-9-5-3-6-10-17)27-23(31)24(32)28-20(18-11-7-4-8-12-18)14-16(2)26-22(30)21(29)25-15/h3-14H,1-2H3,(H,25,29)(H,26,30)/b15-13-,16-14+,27-19?,28-20?. The molecule has 0 radical (unpaired) electrons. The Morgan fingerprint density at radius 2 is 0.906 bits per heavy atom. The second-order valence-corrected chi connectivity index (χ2v) is 8.49. The molecular formula is C24H20N4S4. The zero-order chi connectivity index (χ0) is 23.1. The zero-order valence-corrected chi connectivity index (χ0v) is 20.7. The van der Waals surface area contributed by atoms with Gasteiger partial charge in [0.25, 0.3) is 0 Å². The highest BCUT2D eigenvalue weighted by Crippen LogP contribution is 2.10. The molecule has 2 aromatic rings. The molecule has 8 heteroatoms. The lowest BCUT2D eigenvalue weighted by Crippen LogP contribution is -2.36. The van der Waals surface area contributed by atoms with E-state index in [1.807, 2.05) is 86.7 Å². The van der Waals surface area contributed by atoms with Gasteiger partial charge in [-0.3, -0.25) is 0 Å². The molecule has 0 amide bonds. The topological polar surface area (TPSA) is 48.8 Å². The average Bonchev–Trinajstić information content (AvgIpc) is 2.78. The van der Waals surface area contributed by atoms with E-state index < -0.39 is 0 Å². The Morgan fingerprint density at radius 3 is 1.25 bits per heavy atom. The molecule has 2 N–H and O–H groups in total. The van der Waals surface area contributed by atoms with Crippen LogP contribution in [-0.4, -0.2) is 31.4 Å². The van der Waals surface area contributed by atoms with Crippen molar-refractivity contribution in [2.24, 2.45) is 9.98 Å². The fraction of sp³-hybridized carbons (Fsp3) is 0.0833. The fourth-order valence-electron chi connectivity index (χ4n) is 2.85. The van der Waals surface area contributed by atoms with Crippen LogP contribution in [0.15, 0.2) is 94.2 Å². The van der Waals surface area contributed by atoms with Crippen molar-refractivity contribution in [3.63, 3.8) is 0 Å². The van der Waals surface area contributed by atoms with Gasteiger partial charge in [-0.1, -0.05) is 110 Å². The molecule has 0 unspecified atom stereocenters. The van der Waals surface area contributed by atoms with Gasteiger partial charge in [0.05, 0.1) is 11.4 Å². The molecule has 0 bridgehead atoms. The molecule has 4 nitrogen and oxygen atoms in total. The Balaban J connectivity index is 2.15. The van der Waals surface area contributed by atoms with E-state index in [9.17, 15) is 0 Å². The monoisotopic (exact) mass is 492 g/mol. The first-order valence-corrected chi connectivity index (χ1v) is 11.3. The van der Waals surface area contributed by atoms with Crippen LogP contribution in [0.3, 0.4) is 0 Å². The predicted octanol–water partition coefficient (Wildman–Crippen LogP) is 5.28. The summed E-state index contributed by atoms with van der Waals surface area (Å²) in [5.74, 6) is 0. The third-order valence-electron chi connectivity index (χ3n) is 4.30. The molecule has 1 aliphatic rings. The zero-order valence-electron chi connectivity index (χ0n) is 17.5. The van der Waals surface area contributed by atoms with Gasteiger partial charge in [0.1, 0.15) is 9.98 Å². The van der Waals surface area contributed by atoms with E-state index in [0.29, 0.717) is 21.4 Å². The van der Waals surface area contributed by atoms with E-state index in [0.717, 1.165) is 22.5 Å². The molecular weight excluding hydrogens is 473 g/mol. The molecule has 1 heterocycles. The van der Waals surface area contributed by atoms with Gasteiger partial charge in [-0.15, -0.1) is 0 Å². The third kappa shape index (κ3) is 6.61. The Labute approximate surface area is 209 Å². The number of hydrogen-bond acceptors (Lipinski definition) is 4. The van der Waals surface area contributed by atoms with E-state index in [1.165, 1.54) is 0 Å². The van der Waals surface area contributed by atoms with Gasteiger partial charge >= 0.3 is 0 Å². The third-order valence-corrected chi connectivity index (χ3v) is 5.74. The minimum atomic E-state index is 0.227. The van der Waals surface area contributed by atoms with Crippen molar-refractivity contribution < 1.29 is 0 Å². The summed E-state index contributed by atoms with van der Waals surface area (Å²) in [6.07, 6.45) is 3.71. The van der Waals surface area contributed by atoms with Crippen molar-refractivity contribution in [1.82, 2.24) is 10.6 Å². The minimum absolute atomic E-state index is 0.227. The quantitative estimate of drug-likeness (QED) is 0.557. The molecule has 0 spiro atoms. The van der Waals surface area contributed by atoms with Crippen LogP contribution >= 0.6 is 48.9 Å². The number of benzene rings is 2. The molecule has 0 fully saturated rings. The predicted molar refractivity (Wildman–Crippen MR) is 150 cm³/mol. The molecule has 0 aromatic heterocycles. The van der Waals surface area contributed by atoms with Crippen LogP contribution < -0.4 is 10.6 Å². The Kier molecular flexibility index (Phi) is 8.35. The highest BCUT2D eigenvalue weighted by atomic mass is 32.1. The maximum absolute atomic E-state index is 5.54. The smallest absolute Gasteiger partial charge is 0.163 e. The van der Waals surface area contributed by atoms with Crippen molar-refractivity contribution in [3.05, 3.63) is 95.3 Å². The summed E-state index contributed by atoms with van der Waals surface area (Å²) in [5.41, 5.74) is 4.60. The lowest BCUT2D eigenvalue weighted by molar-refractivity contribution is 1.12. The normalized spacial score (nSPS) is 19.3. The van der Waals surface area contributed by atoms with Crippen molar-refractivity contribution >= 4 is 80.2 Å². The van der Waals surface area contributed by atoms with Crippen LogP contribution in [0.25, 0.3) is 0 Å². The second kappa shape index (κ2) is 11.2. The molecule has 32 heavy (non-hydrogen) atoms. The van der Waals surface area contributed by atoms with Gasteiger partial charge in [0.2, 0.25) is 0 Å². The maximum Gasteiger partial charge on any atom is 0.163 e. The molecule has 0 atom stereocenters. The lowest BCUT2D eigenvalue weighted by atomic mass is 10.1. The average molecular weight is 493 g/mol. The summed E-state index contributed by atoms with van der Waals surface area (Å²) in [4.78, 5) is 10.5. The number of allylic oxidation sites excluding steroid dienone is 4. The van der Waals surface area contributed by atoms with Crippen molar-refractivity contribution in [3.8, 4) is 0 Å². The van der Waals surface area contributed by atoms with Crippen LogP contribution in [0.5, 0.6) is 0 Å². The van der Waals surface area contributed by atoms with Gasteiger partial charge in [-0.25, -0.2) is 9.98 Å². The summed E-state index contributed by atoms with van der Waals surface area (Å²) >= 11 is 22.0. The molecule has 0 saturated carbocycles. The highest BCUT2D eigenvalue weighted by molar-refractivity contribution is 7.89.